The summed E-state index contributed by atoms with van der Waals surface area (Å²) in [5.41, 5.74) is 0.0162. The Bertz CT molecular complexity index is 212. The highest BCUT2D eigenvalue weighted by molar-refractivity contribution is 5.35. The molecule has 0 radical (unpaired) electrons. The summed E-state index contributed by atoms with van der Waals surface area (Å²) in [6, 6.07) is 0.466. The van der Waals surface area contributed by atoms with Crippen LogP contribution in [0.4, 0.5) is 0 Å². The molecule has 0 aromatic rings. The second kappa shape index (κ2) is 1.49. The van der Waals surface area contributed by atoms with Crippen molar-refractivity contribution in [2.45, 2.75) is 36.6 Å². The number of likely N-dealkylation sites (N-methyl/N-ethyl adjacent to an activating group) is 1. The van der Waals surface area contributed by atoms with E-state index < -0.39 is 0 Å². The first-order valence-corrected chi connectivity index (χ1v) is 4.27. The van der Waals surface area contributed by atoms with Crippen molar-refractivity contribution < 1.29 is 10.2 Å². The Morgan fingerprint density at radius 3 is 2.64 bits per heavy atom. The molecular formula is C8H13NO2. The number of nitrogens with zero attached hydrogens (tertiary/aromatic N) is 1. The zero-order chi connectivity index (χ0) is 7.80. The number of fused-ring (bicyclic) bond motifs is 2. The average molecular weight is 155 g/mol. The molecule has 3 nitrogen and oxygen atoms in total. The molecule has 5 atom stereocenters. The molecule has 2 aliphatic heterocycles. The van der Waals surface area contributed by atoms with E-state index in [0.29, 0.717) is 12.0 Å². The first-order chi connectivity index (χ1) is 5.18. The molecule has 3 rings (SSSR count). The van der Waals surface area contributed by atoms with Crippen LogP contribution >= 0.6 is 0 Å². The van der Waals surface area contributed by atoms with Crippen molar-refractivity contribution in [3.8, 4) is 0 Å². The summed E-state index contributed by atoms with van der Waals surface area (Å²) in [6.45, 7) is 0. The van der Waals surface area contributed by atoms with Crippen molar-refractivity contribution in [2.24, 2.45) is 5.92 Å². The molecule has 1 spiro atoms. The molecule has 62 valence electrons. The molecule has 0 aromatic carbocycles. The summed E-state index contributed by atoms with van der Waals surface area (Å²) in [6.07, 6.45) is 1.34. The van der Waals surface area contributed by atoms with Crippen LogP contribution < -0.4 is 0 Å². The van der Waals surface area contributed by atoms with Gasteiger partial charge in [-0.3, -0.25) is 4.90 Å². The van der Waals surface area contributed by atoms with Crippen LogP contribution in [0.5, 0.6) is 0 Å². The molecule has 2 bridgehead atoms. The van der Waals surface area contributed by atoms with Gasteiger partial charge in [-0.2, -0.15) is 0 Å². The van der Waals surface area contributed by atoms with E-state index in [1.165, 1.54) is 0 Å². The van der Waals surface area contributed by atoms with E-state index in [9.17, 15) is 10.2 Å². The molecule has 0 amide bonds. The molecule has 1 saturated carbocycles. The van der Waals surface area contributed by atoms with Gasteiger partial charge in [0.05, 0.1) is 17.7 Å². The minimum atomic E-state index is -0.162. The SMILES string of the molecule is CN1C2CC(O)CC13C(O)C23. The Labute approximate surface area is 65.6 Å². The average Bonchev–Trinajstić information content (AvgIpc) is 2.52. The van der Waals surface area contributed by atoms with E-state index in [1.807, 2.05) is 0 Å². The third-order valence-corrected chi connectivity index (χ3v) is 3.97. The fraction of sp³-hybridized carbons (Fsp3) is 1.00. The van der Waals surface area contributed by atoms with Crippen LogP contribution in [0.2, 0.25) is 0 Å². The number of piperidine rings is 1. The minimum Gasteiger partial charge on any atom is -0.393 e. The van der Waals surface area contributed by atoms with Crippen LogP contribution in [0.3, 0.4) is 0 Å². The van der Waals surface area contributed by atoms with Gasteiger partial charge in [0.2, 0.25) is 0 Å². The predicted molar refractivity (Wildman–Crippen MR) is 39.0 cm³/mol. The smallest absolute Gasteiger partial charge is 0.0790 e. The third kappa shape index (κ3) is 0.451. The fourth-order valence-corrected chi connectivity index (χ4v) is 3.33. The second-order valence-corrected chi connectivity index (χ2v) is 4.23. The van der Waals surface area contributed by atoms with Gasteiger partial charge >= 0.3 is 0 Å². The van der Waals surface area contributed by atoms with Crippen molar-refractivity contribution in [2.75, 3.05) is 7.05 Å². The molecule has 2 heterocycles. The van der Waals surface area contributed by atoms with Gasteiger partial charge in [0.1, 0.15) is 0 Å². The maximum atomic E-state index is 9.56. The van der Waals surface area contributed by atoms with Gasteiger partial charge in [0.15, 0.2) is 0 Å². The van der Waals surface area contributed by atoms with Crippen molar-refractivity contribution in [3.05, 3.63) is 0 Å². The summed E-state index contributed by atoms with van der Waals surface area (Å²) in [5, 5.41) is 19.0. The quantitative estimate of drug-likeness (QED) is 0.480. The van der Waals surface area contributed by atoms with Crippen molar-refractivity contribution >= 4 is 0 Å². The molecule has 2 N–H and O–H groups in total. The lowest BCUT2D eigenvalue weighted by Crippen LogP contribution is -2.62. The zero-order valence-electron chi connectivity index (χ0n) is 6.57. The molecule has 2 saturated heterocycles. The van der Waals surface area contributed by atoms with Crippen LogP contribution in [0, 0.1) is 5.92 Å². The van der Waals surface area contributed by atoms with Crippen molar-refractivity contribution in [1.82, 2.24) is 4.90 Å². The highest BCUT2D eigenvalue weighted by atomic mass is 16.3. The Balaban J connectivity index is 1.94. The highest BCUT2D eigenvalue weighted by Crippen LogP contribution is 2.67. The monoisotopic (exact) mass is 155 g/mol. The topological polar surface area (TPSA) is 43.7 Å². The number of hydrogen-bond donors (Lipinski definition) is 2. The molecule has 11 heavy (non-hydrogen) atoms. The summed E-state index contributed by atoms with van der Waals surface area (Å²) >= 11 is 0. The maximum absolute atomic E-state index is 9.56. The lowest BCUT2D eigenvalue weighted by Gasteiger charge is -2.51. The molecule has 1 aliphatic carbocycles. The summed E-state index contributed by atoms with van der Waals surface area (Å²) in [4.78, 5) is 2.25. The van der Waals surface area contributed by atoms with Crippen LogP contribution in [-0.4, -0.2) is 45.9 Å². The number of hydrogen-bond acceptors (Lipinski definition) is 3. The van der Waals surface area contributed by atoms with Crippen molar-refractivity contribution in [3.63, 3.8) is 0 Å². The molecule has 3 heteroatoms. The lowest BCUT2D eigenvalue weighted by molar-refractivity contribution is -0.0758. The Morgan fingerprint density at radius 1 is 1.45 bits per heavy atom. The maximum Gasteiger partial charge on any atom is 0.0790 e. The van der Waals surface area contributed by atoms with E-state index in [1.54, 1.807) is 0 Å². The van der Waals surface area contributed by atoms with Gasteiger partial charge in [-0.1, -0.05) is 0 Å². The van der Waals surface area contributed by atoms with Crippen molar-refractivity contribution in [1.29, 1.82) is 0 Å². The normalized spacial score (nSPS) is 66.8. The fourth-order valence-electron chi connectivity index (χ4n) is 3.33. The van der Waals surface area contributed by atoms with Crippen LogP contribution in [0.25, 0.3) is 0 Å². The van der Waals surface area contributed by atoms with Gasteiger partial charge in [0.25, 0.3) is 0 Å². The molecule has 3 aliphatic rings. The molecular weight excluding hydrogens is 142 g/mol. The summed E-state index contributed by atoms with van der Waals surface area (Å²) < 4.78 is 0. The van der Waals surface area contributed by atoms with E-state index in [4.69, 9.17) is 0 Å². The van der Waals surface area contributed by atoms with Gasteiger partial charge in [-0.15, -0.1) is 0 Å². The summed E-state index contributed by atoms with van der Waals surface area (Å²) in [7, 11) is 2.06. The first-order valence-electron chi connectivity index (χ1n) is 4.27. The largest absolute Gasteiger partial charge is 0.393 e. The van der Waals surface area contributed by atoms with Gasteiger partial charge in [-0.25, -0.2) is 0 Å². The minimum absolute atomic E-state index is 0.0162. The molecule has 3 fully saturated rings. The second-order valence-electron chi connectivity index (χ2n) is 4.23. The third-order valence-electron chi connectivity index (χ3n) is 3.97. The van der Waals surface area contributed by atoms with E-state index in [-0.39, 0.29) is 17.7 Å². The number of rotatable bonds is 0. The van der Waals surface area contributed by atoms with Crippen LogP contribution in [0.15, 0.2) is 0 Å². The Kier molecular flexibility index (Phi) is 0.866. The zero-order valence-corrected chi connectivity index (χ0v) is 6.57. The first kappa shape index (κ1) is 6.40. The van der Waals surface area contributed by atoms with E-state index in [2.05, 4.69) is 11.9 Å². The summed E-state index contributed by atoms with van der Waals surface area (Å²) in [5.74, 6) is 0.496. The Morgan fingerprint density at radius 2 is 2.18 bits per heavy atom. The van der Waals surface area contributed by atoms with Gasteiger partial charge in [0, 0.05) is 12.0 Å². The predicted octanol–water partition coefficient (Wildman–Crippen LogP) is -0.815. The Hall–Kier alpha value is -0.120. The van der Waals surface area contributed by atoms with Crippen LogP contribution in [-0.2, 0) is 0 Å². The standard InChI is InChI=1S/C8H13NO2/c1-9-5-2-4(10)3-8(9)6(5)7(8)11/h4-7,10-11H,2-3H2,1H3. The molecule has 0 aromatic heterocycles. The highest BCUT2D eigenvalue weighted by Gasteiger charge is 2.81. The number of aliphatic hydroxyl groups excluding tert-OH is 2. The van der Waals surface area contributed by atoms with Crippen LogP contribution in [0.1, 0.15) is 12.8 Å². The number of aliphatic hydroxyl groups is 2. The molecule has 5 unspecified atom stereocenters. The van der Waals surface area contributed by atoms with Gasteiger partial charge in [-0.05, 0) is 19.9 Å². The lowest BCUT2D eigenvalue weighted by atomic mass is 9.79. The van der Waals surface area contributed by atoms with E-state index >= 15 is 0 Å². The van der Waals surface area contributed by atoms with E-state index in [0.717, 1.165) is 12.8 Å². The van der Waals surface area contributed by atoms with Gasteiger partial charge < -0.3 is 10.2 Å².